The van der Waals surface area contributed by atoms with Crippen molar-refractivity contribution in [3.63, 3.8) is 0 Å². The zero-order chi connectivity index (χ0) is 22.1. The number of aryl methyl sites for hydroxylation is 1. The third kappa shape index (κ3) is 4.22. The Kier molecular flexibility index (Phi) is 6.07. The van der Waals surface area contributed by atoms with E-state index in [4.69, 9.17) is 16.6 Å². The Morgan fingerprint density at radius 1 is 1.16 bits per heavy atom. The fourth-order valence-corrected chi connectivity index (χ4v) is 5.37. The van der Waals surface area contributed by atoms with E-state index in [1.165, 1.54) is 28.8 Å². The zero-order valence-corrected chi connectivity index (χ0v) is 19.5. The minimum Gasteiger partial charge on any atom is -0.389 e. The second-order valence-electron chi connectivity index (χ2n) is 9.10. The van der Waals surface area contributed by atoms with E-state index in [2.05, 4.69) is 58.5 Å². The minimum absolute atomic E-state index is 0.514. The Morgan fingerprint density at radius 3 is 2.78 bits per heavy atom. The van der Waals surface area contributed by atoms with E-state index >= 15 is 0 Å². The summed E-state index contributed by atoms with van der Waals surface area (Å²) in [5, 5.41) is 8.58. The van der Waals surface area contributed by atoms with Crippen LogP contribution in [-0.2, 0) is 6.42 Å². The van der Waals surface area contributed by atoms with Crippen molar-refractivity contribution >= 4 is 28.2 Å². The number of hydrogen-bond donors (Lipinski definition) is 2. The van der Waals surface area contributed by atoms with Crippen LogP contribution < -0.4 is 15.5 Å². The monoisotopic (exact) mass is 446 g/mol. The first kappa shape index (κ1) is 21.3. The second-order valence-corrected chi connectivity index (χ2v) is 9.54. The van der Waals surface area contributed by atoms with E-state index in [-0.39, 0.29) is 0 Å². The molecule has 4 nitrogen and oxygen atoms in total. The van der Waals surface area contributed by atoms with E-state index in [9.17, 15) is 0 Å². The van der Waals surface area contributed by atoms with Gasteiger partial charge in [-0.2, -0.15) is 0 Å². The number of anilines is 1. The maximum absolute atomic E-state index is 6.35. The fraction of sp³-hybridized carbons (Fsp3) is 0.370. The quantitative estimate of drug-likeness (QED) is 0.506. The number of fused-ring (bicyclic) bond motifs is 2. The molecule has 5 rings (SSSR count). The number of rotatable bonds is 6. The van der Waals surface area contributed by atoms with Gasteiger partial charge < -0.3 is 15.5 Å². The molecule has 0 spiro atoms. The molecule has 0 amide bonds. The van der Waals surface area contributed by atoms with Crippen molar-refractivity contribution in [1.82, 2.24) is 15.6 Å². The van der Waals surface area contributed by atoms with Crippen LogP contribution in [-0.4, -0.2) is 38.2 Å². The van der Waals surface area contributed by atoms with Gasteiger partial charge >= 0.3 is 0 Å². The van der Waals surface area contributed by atoms with E-state index in [1.54, 1.807) is 0 Å². The maximum atomic E-state index is 6.35. The summed E-state index contributed by atoms with van der Waals surface area (Å²) in [6.45, 7) is 8.43. The summed E-state index contributed by atoms with van der Waals surface area (Å²) in [5.74, 6) is 1.18. The Bertz CT molecular complexity index is 1120. The van der Waals surface area contributed by atoms with E-state index < -0.39 is 0 Å². The number of pyridine rings is 1. The normalized spacial score (nSPS) is 20.4. The molecule has 5 heteroatoms. The highest BCUT2D eigenvalue weighted by molar-refractivity contribution is 6.31. The highest BCUT2D eigenvalue weighted by Crippen LogP contribution is 2.39. The van der Waals surface area contributed by atoms with E-state index in [1.807, 2.05) is 19.2 Å². The van der Waals surface area contributed by atoms with Gasteiger partial charge in [0.1, 0.15) is 0 Å². The van der Waals surface area contributed by atoms with Gasteiger partial charge in [0.15, 0.2) is 0 Å². The van der Waals surface area contributed by atoms with Crippen LogP contribution in [0.5, 0.6) is 0 Å². The summed E-state index contributed by atoms with van der Waals surface area (Å²) < 4.78 is 0. The SMILES string of the molecule is C=C1NCCC2CN(c3cc(-c4ccc(CCCNC)cc4)nc4cc(Cl)ccc34)CC12. The van der Waals surface area contributed by atoms with Gasteiger partial charge in [-0.1, -0.05) is 42.4 Å². The topological polar surface area (TPSA) is 40.2 Å². The lowest BCUT2D eigenvalue weighted by atomic mass is 9.87. The molecule has 0 bridgehead atoms. The molecule has 0 saturated carbocycles. The highest BCUT2D eigenvalue weighted by atomic mass is 35.5. The summed E-state index contributed by atoms with van der Waals surface area (Å²) in [4.78, 5) is 7.53. The van der Waals surface area contributed by atoms with Crippen LogP contribution in [0.15, 0.2) is 60.8 Å². The number of aromatic nitrogens is 1. The Labute approximate surface area is 195 Å². The molecule has 2 aliphatic rings. The van der Waals surface area contributed by atoms with Gasteiger partial charge in [-0.3, -0.25) is 0 Å². The van der Waals surface area contributed by atoms with Crippen LogP contribution in [0, 0.1) is 11.8 Å². The second kappa shape index (κ2) is 9.13. The molecule has 32 heavy (non-hydrogen) atoms. The van der Waals surface area contributed by atoms with Crippen molar-refractivity contribution in [2.75, 3.05) is 38.1 Å². The number of nitrogens with one attached hydrogen (secondary N) is 2. The smallest absolute Gasteiger partial charge is 0.0745 e. The van der Waals surface area contributed by atoms with Crippen LogP contribution in [0.25, 0.3) is 22.2 Å². The zero-order valence-electron chi connectivity index (χ0n) is 18.7. The predicted octanol–water partition coefficient (Wildman–Crippen LogP) is 5.27. The number of piperidine rings is 1. The van der Waals surface area contributed by atoms with Gasteiger partial charge in [0.2, 0.25) is 0 Å². The number of benzene rings is 2. The summed E-state index contributed by atoms with van der Waals surface area (Å²) >= 11 is 6.35. The van der Waals surface area contributed by atoms with Crippen LogP contribution >= 0.6 is 11.6 Å². The first-order valence-corrected chi connectivity index (χ1v) is 12.0. The van der Waals surface area contributed by atoms with Crippen molar-refractivity contribution in [2.24, 2.45) is 11.8 Å². The van der Waals surface area contributed by atoms with Gasteiger partial charge in [-0.25, -0.2) is 4.98 Å². The molecule has 2 aromatic carbocycles. The van der Waals surface area contributed by atoms with Gasteiger partial charge in [0.25, 0.3) is 0 Å². The molecule has 3 heterocycles. The molecule has 166 valence electrons. The number of hydrogen-bond acceptors (Lipinski definition) is 4. The van der Waals surface area contributed by atoms with Gasteiger partial charge in [-0.05, 0) is 68.6 Å². The number of halogens is 1. The van der Waals surface area contributed by atoms with Crippen LogP contribution in [0.4, 0.5) is 5.69 Å². The molecule has 2 fully saturated rings. The lowest BCUT2D eigenvalue weighted by Gasteiger charge is -2.27. The molecule has 2 saturated heterocycles. The van der Waals surface area contributed by atoms with Crippen molar-refractivity contribution in [3.8, 4) is 11.3 Å². The molecule has 2 unspecified atom stereocenters. The molecule has 2 aliphatic heterocycles. The Hall–Kier alpha value is -2.56. The van der Waals surface area contributed by atoms with Crippen molar-refractivity contribution < 1.29 is 0 Å². The maximum Gasteiger partial charge on any atom is 0.0745 e. The van der Waals surface area contributed by atoms with E-state index in [0.717, 1.165) is 60.8 Å². The highest BCUT2D eigenvalue weighted by Gasteiger charge is 2.37. The average molecular weight is 447 g/mol. The molecule has 1 aromatic heterocycles. The standard InChI is InChI=1S/C27H31ClN4/c1-18-24-17-32(16-21(24)11-13-30-18)27-15-25(31-26-14-22(28)9-10-23(26)27)20-7-5-19(6-8-20)4-3-12-29-2/h5-10,14-15,21,24,29-30H,1,3-4,11-13,16-17H2,2H3. The molecular weight excluding hydrogens is 416 g/mol. The van der Waals surface area contributed by atoms with Crippen LogP contribution in [0.3, 0.4) is 0 Å². The van der Waals surface area contributed by atoms with Gasteiger partial charge in [0.05, 0.1) is 11.2 Å². The first-order valence-electron chi connectivity index (χ1n) is 11.6. The molecule has 0 aliphatic carbocycles. The van der Waals surface area contributed by atoms with Crippen LogP contribution in [0.1, 0.15) is 18.4 Å². The average Bonchev–Trinajstić information content (AvgIpc) is 3.24. The largest absolute Gasteiger partial charge is 0.389 e. The van der Waals surface area contributed by atoms with Crippen LogP contribution in [0.2, 0.25) is 5.02 Å². The lowest BCUT2D eigenvalue weighted by Crippen LogP contribution is -2.33. The lowest BCUT2D eigenvalue weighted by molar-refractivity contribution is 0.372. The molecular formula is C27H31ClN4. The third-order valence-electron chi connectivity index (χ3n) is 6.99. The van der Waals surface area contributed by atoms with Gasteiger partial charge in [-0.15, -0.1) is 0 Å². The first-order chi connectivity index (χ1) is 15.6. The summed E-state index contributed by atoms with van der Waals surface area (Å²) in [5.41, 5.74) is 6.91. The molecule has 2 atom stereocenters. The summed E-state index contributed by atoms with van der Waals surface area (Å²) in [6.07, 6.45) is 3.43. The summed E-state index contributed by atoms with van der Waals surface area (Å²) in [6, 6.07) is 17.2. The van der Waals surface area contributed by atoms with Crippen molar-refractivity contribution in [2.45, 2.75) is 19.3 Å². The summed E-state index contributed by atoms with van der Waals surface area (Å²) in [7, 11) is 2.00. The third-order valence-corrected chi connectivity index (χ3v) is 7.22. The molecule has 3 aromatic rings. The Balaban J connectivity index is 1.50. The van der Waals surface area contributed by atoms with Gasteiger partial charge in [0, 0.05) is 52.9 Å². The number of nitrogens with zero attached hydrogens (tertiary/aromatic N) is 2. The predicted molar refractivity (Wildman–Crippen MR) is 135 cm³/mol. The molecule has 0 radical (unpaired) electrons. The van der Waals surface area contributed by atoms with Crippen molar-refractivity contribution in [3.05, 3.63) is 71.4 Å². The van der Waals surface area contributed by atoms with Crippen molar-refractivity contribution in [1.29, 1.82) is 0 Å². The fourth-order valence-electron chi connectivity index (χ4n) is 5.21. The Morgan fingerprint density at radius 2 is 2.00 bits per heavy atom. The van der Waals surface area contributed by atoms with E-state index in [0.29, 0.717) is 11.8 Å². The molecule has 2 N–H and O–H groups in total. The minimum atomic E-state index is 0.514.